The molecule has 2 heterocycles. The lowest BCUT2D eigenvalue weighted by Gasteiger charge is -2.38. The number of nitrogens with one attached hydrogen (secondary N) is 4. The minimum absolute atomic E-state index is 0.0418. The van der Waals surface area contributed by atoms with Gasteiger partial charge in [0.25, 0.3) is 0 Å². The first-order valence-electron chi connectivity index (χ1n) is 16.5. The third kappa shape index (κ3) is 10.7. The van der Waals surface area contributed by atoms with Gasteiger partial charge in [0.1, 0.15) is 36.6 Å². The number of carbonyl (C=O) groups is 4. The highest BCUT2D eigenvalue weighted by Gasteiger charge is 2.62. The molecule has 18 heteroatoms. The van der Waals surface area contributed by atoms with Gasteiger partial charge >= 0.3 is 0 Å². The Labute approximate surface area is 278 Å². The average Bonchev–Trinajstić information content (AvgIpc) is 3.81. The molecule has 2 aliphatic heterocycles. The van der Waals surface area contributed by atoms with Crippen molar-refractivity contribution in [1.82, 2.24) is 21.3 Å². The number of hydrogen-bond donors (Lipinski definition) is 10. The number of rotatable bonds is 18. The molecular weight excluding hydrogens is 640 g/mol. The number of ether oxygens (including phenoxy) is 4. The van der Waals surface area contributed by atoms with Crippen LogP contribution in [0.2, 0.25) is 0 Å². The molecule has 1 aliphatic carbocycles. The molecule has 3 fully saturated rings. The molecule has 2 saturated heterocycles. The zero-order valence-electron chi connectivity index (χ0n) is 27.5. The molecule has 4 amide bonds. The number of amides is 4. The Balaban J connectivity index is 1.48. The minimum atomic E-state index is -1.51. The zero-order chi connectivity index (χ0) is 35.5. The minimum Gasteiger partial charge on any atom is -0.388 e. The van der Waals surface area contributed by atoms with Gasteiger partial charge < -0.3 is 70.9 Å². The summed E-state index contributed by atoms with van der Waals surface area (Å²) in [5, 5.41) is 70.4. The molecule has 276 valence electrons. The standard InChI is InChI=1S/C30H52N4O14/c1-4-31-16(35)8-6-5-7-9-32-26(42)17-18(27(43)33-10-12-45-29-24(40)22(38)20(36)14(2)47-29)19(17)28(44)34-11-13-46-30-25(41)23(39)21(37)15(3)48-30/h14-15,17-25,29-30,36-41H,4-13H2,1-3H3,(H,31,35)(H,32,42)(H,33,43)(H,34,44)/t14-,15-,17?,18?,19?,20+,21+,22+,23+,24-,25-,29+,30+/m0/s1. The van der Waals surface area contributed by atoms with Gasteiger partial charge in [-0.25, -0.2) is 0 Å². The van der Waals surface area contributed by atoms with Crippen molar-refractivity contribution in [2.45, 2.75) is 108 Å². The topological polar surface area (TPSA) is 275 Å². The van der Waals surface area contributed by atoms with E-state index in [1.807, 2.05) is 6.92 Å². The van der Waals surface area contributed by atoms with E-state index >= 15 is 0 Å². The molecule has 48 heavy (non-hydrogen) atoms. The van der Waals surface area contributed by atoms with E-state index < -0.39 is 96.9 Å². The number of aliphatic hydroxyl groups is 6. The Kier molecular flexibility index (Phi) is 15.8. The highest BCUT2D eigenvalue weighted by Crippen LogP contribution is 2.47. The molecule has 0 aromatic heterocycles. The summed E-state index contributed by atoms with van der Waals surface area (Å²) in [5.41, 5.74) is 0. The van der Waals surface area contributed by atoms with Crippen molar-refractivity contribution in [3.8, 4) is 0 Å². The Morgan fingerprint density at radius 3 is 1.40 bits per heavy atom. The lowest BCUT2D eigenvalue weighted by Crippen LogP contribution is -2.57. The van der Waals surface area contributed by atoms with E-state index in [0.29, 0.717) is 38.8 Å². The van der Waals surface area contributed by atoms with E-state index in [9.17, 15) is 49.8 Å². The van der Waals surface area contributed by atoms with Gasteiger partial charge in [0, 0.05) is 32.6 Å². The SMILES string of the molecule is CCNC(=O)CCCCCNC(=O)C1C(C(=O)NCCO[C@@H]2O[C@@H](C)[C@@H](O)[C@@H](O)[C@@H]2O)C1C(=O)NCCO[C@@H]1O[C@@H](C)[C@@H](O)[C@@H](O)[C@@H]1O. The number of hydrogen-bond acceptors (Lipinski definition) is 14. The first-order chi connectivity index (χ1) is 22.8. The van der Waals surface area contributed by atoms with Gasteiger partial charge in [0.05, 0.1) is 43.2 Å². The van der Waals surface area contributed by atoms with Crippen LogP contribution in [0.3, 0.4) is 0 Å². The van der Waals surface area contributed by atoms with Crippen LogP contribution in [0.4, 0.5) is 0 Å². The van der Waals surface area contributed by atoms with Crippen LogP contribution >= 0.6 is 0 Å². The van der Waals surface area contributed by atoms with Gasteiger partial charge in [-0.15, -0.1) is 0 Å². The quantitative estimate of drug-likeness (QED) is 0.0608. The molecule has 3 rings (SSSR count). The van der Waals surface area contributed by atoms with E-state index in [4.69, 9.17) is 18.9 Å². The van der Waals surface area contributed by atoms with Gasteiger partial charge in [-0.05, 0) is 33.6 Å². The smallest absolute Gasteiger partial charge is 0.224 e. The maximum Gasteiger partial charge on any atom is 0.224 e. The average molecular weight is 693 g/mol. The highest BCUT2D eigenvalue weighted by molar-refractivity contribution is 6.02. The van der Waals surface area contributed by atoms with Crippen LogP contribution in [0.5, 0.6) is 0 Å². The Bertz CT molecular complexity index is 1010. The van der Waals surface area contributed by atoms with Crippen molar-refractivity contribution in [2.75, 3.05) is 39.4 Å². The molecule has 0 aromatic carbocycles. The van der Waals surface area contributed by atoms with E-state index in [-0.39, 0.29) is 32.2 Å². The highest BCUT2D eigenvalue weighted by atomic mass is 16.7. The van der Waals surface area contributed by atoms with Gasteiger partial charge in [-0.3, -0.25) is 19.2 Å². The molecule has 2 unspecified atom stereocenters. The second-order valence-electron chi connectivity index (χ2n) is 12.3. The fourth-order valence-corrected chi connectivity index (χ4v) is 5.73. The van der Waals surface area contributed by atoms with E-state index in [2.05, 4.69) is 21.3 Å². The fourth-order valence-electron chi connectivity index (χ4n) is 5.73. The fraction of sp³-hybridized carbons (Fsp3) is 0.867. The Hall–Kier alpha value is -2.52. The zero-order valence-corrected chi connectivity index (χ0v) is 27.5. The maximum absolute atomic E-state index is 13.1. The number of aliphatic hydroxyl groups excluding tert-OH is 6. The third-order valence-electron chi connectivity index (χ3n) is 8.67. The summed E-state index contributed by atoms with van der Waals surface area (Å²) in [7, 11) is 0. The predicted molar refractivity (Wildman–Crippen MR) is 163 cm³/mol. The van der Waals surface area contributed by atoms with E-state index in [1.165, 1.54) is 13.8 Å². The summed E-state index contributed by atoms with van der Waals surface area (Å²) >= 11 is 0. The monoisotopic (exact) mass is 692 g/mol. The van der Waals surface area contributed by atoms with E-state index in [1.54, 1.807) is 0 Å². The molecule has 10 N–H and O–H groups in total. The molecule has 0 radical (unpaired) electrons. The predicted octanol–water partition coefficient (Wildman–Crippen LogP) is -4.42. The molecule has 18 nitrogen and oxygen atoms in total. The largest absolute Gasteiger partial charge is 0.388 e. The molecular formula is C30H52N4O14. The van der Waals surface area contributed by atoms with Crippen molar-refractivity contribution in [2.24, 2.45) is 17.8 Å². The van der Waals surface area contributed by atoms with Gasteiger partial charge in [0.2, 0.25) is 23.6 Å². The summed E-state index contributed by atoms with van der Waals surface area (Å²) in [4.78, 5) is 50.7. The van der Waals surface area contributed by atoms with Crippen LogP contribution in [0.15, 0.2) is 0 Å². The maximum atomic E-state index is 13.1. The normalized spacial score (nSPS) is 36.1. The molecule has 12 atom stereocenters. The van der Waals surface area contributed by atoms with Crippen molar-refractivity contribution in [1.29, 1.82) is 0 Å². The van der Waals surface area contributed by atoms with Crippen LogP contribution in [0, 0.1) is 17.8 Å². The molecule has 3 aliphatic rings. The van der Waals surface area contributed by atoms with Crippen molar-refractivity contribution in [3.63, 3.8) is 0 Å². The lowest BCUT2D eigenvalue weighted by atomic mass is 10.0. The van der Waals surface area contributed by atoms with Crippen molar-refractivity contribution in [3.05, 3.63) is 0 Å². The third-order valence-corrected chi connectivity index (χ3v) is 8.67. The summed E-state index contributed by atoms with van der Waals surface area (Å²) < 4.78 is 21.6. The summed E-state index contributed by atoms with van der Waals surface area (Å²) in [6.07, 6.45) is -10.3. The van der Waals surface area contributed by atoms with Crippen LogP contribution in [-0.2, 0) is 38.1 Å². The van der Waals surface area contributed by atoms with Crippen LogP contribution in [0.25, 0.3) is 0 Å². The number of unbranched alkanes of at least 4 members (excludes halogenated alkanes) is 2. The molecule has 0 bridgehead atoms. The van der Waals surface area contributed by atoms with Crippen molar-refractivity contribution >= 4 is 23.6 Å². The first-order valence-corrected chi connectivity index (χ1v) is 16.5. The molecule has 1 saturated carbocycles. The van der Waals surface area contributed by atoms with Gasteiger partial charge in [0.15, 0.2) is 12.6 Å². The first kappa shape index (κ1) is 39.9. The van der Waals surface area contributed by atoms with Gasteiger partial charge in [-0.2, -0.15) is 0 Å². The van der Waals surface area contributed by atoms with Gasteiger partial charge in [-0.1, -0.05) is 6.42 Å². The lowest BCUT2D eigenvalue weighted by molar-refractivity contribution is -0.292. The Morgan fingerprint density at radius 1 is 0.562 bits per heavy atom. The summed E-state index contributed by atoms with van der Waals surface area (Å²) in [6, 6.07) is 0. The molecule has 0 aromatic rings. The number of carbonyl (C=O) groups excluding carboxylic acids is 4. The molecule has 0 spiro atoms. The Morgan fingerprint density at radius 2 is 0.979 bits per heavy atom. The van der Waals surface area contributed by atoms with E-state index in [0.717, 1.165) is 0 Å². The van der Waals surface area contributed by atoms with Crippen LogP contribution in [0.1, 0.15) is 46.5 Å². The van der Waals surface area contributed by atoms with Crippen molar-refractivity contribution < 1.29 is 68.8 Å². The van der Waals surface area contributed by atoms with Crippen LogP contribution < -0.4 is 21.3 Å². The summed E-state index contributed by atoms with van der Waals surface area (Å²) in [5.74, 6) is -4.61. The summed E-state index contributed by atoms with van der Waals surface area (Å²) in [6.45, 7) is 5.26. The van der Waals surface area contributed by atoms with Crippen LogP contribution in [-0.4, -0.2) is 155 Å². The second-order valence-corrected chi connectivity index (χ2v) is 12.3. The second kappa shape index (κ2) is 19.0.